The molecule has 0 spiro atoms. The predicted molar refractivity (Wildman–Crippen MR) is 82.3 cm³/mol. The molecule has 0 aromatic heterocycles. The molecule has 1 aromatic rings. The molecule has 0 bridgehead atoms. The Kier molecular flexibility index (Phi) is 5.01. The zero-order chi connectivity index (χ0) is 15.4. The van der Waals surface area contributed by atoms with Crippen LogP contribution in [0.5, 0.6) is 5.75 Å². The van der Waals surface area contributed by atoms with E-state index in [-0.39, 0.29) is 6.10 Å². The summed E-state index contributed by atoms with van der Waals surface area (Å²) in [5.41, 5.74) is 0.955. The molecule has 1 fully saturated rings. The first-order chi connectivity index (χ1) is 10.0. The quantitative estimate of drug-likeness (QED) is 0.779. The van der Waals surface area contributed by atoms with E-state index < -0.39 is 0 Å². The lowest BCUT2D eigenvalue weighted by Gasteiger charge is -2.37. The summed E-state index contributed by atoms with van der Waals surface area (Å²) in [6.07, 6.45) is 4.37. The van der Waals surface area contributed by atoms with Crippen molar-refractivity contribution in [2.24, 2.45) is 17.8 Å². The number of ether oxygens (including phenoxy) is 1. The van der Waals surface area contributed by atoms with Crippen LogP contribution in [-0.2, 0) is 0 Å². The number of rotatable bonds is 4. The summed E-state index contributed by atoms with van der Waals surface area (Å²) >= 11 is 0. The molecule has 21 heavy (non-hydrogen) atoms. The minimum Gasteiger partial charge on any atom is -0.489 e. The predicted octanol–water partition coefficient (Wildman–Crippen LogP) is 4.21. The Bertz CT molecular complexity index is 545. The lowest BCUT2D eigenvalue weighted by Crippen LogP contribution is -2.36. The van der Waals surface area contributed by atoms with E-state index in [0.29, 0.717) is 34.6 Å². The van der Waals surface area contributed by atoms with E-state index in [0.717, 1.165) is 12.7 Å². The maximum atomic E-state index is 10.8. The van der Waals surface area contributed by atoms with Crippen molar-refractivity contribution >= 4 is 6.29 Å². The summed E-state index contributed by atoms with van der Waals surface area (Å²) in [4.78, 5) is 10.8. The summed E-state index contributed by atoms with van der Waals surface area (Å²) in [5, 5.41) is 9.25. The number of benzene rings is 1. The van der Waals surface area contributed by atoms with Gasteiger partial charge >= 0.3 is 0 Å². The number of carbonyl (C=O) groups excluding carboxylic acids is 1. The Labute approximate surface area is 126 Å². The zero-order valence-electron chi connectivity index (χ0n) is 13.0. The minimum absolute atomic E-state index is 0.155. The minimum atomic E-state index is 0.155. The van der Waals surface area contributed by atoms with Gasteiger partial charge in [-0.15, -0.1) is 0 Å². The normalized spacial score (nSPS) is 25.4. The summed E-state index contributed by atoms with van der Waals surface area (Å²) in [6, 6.07) is 7.18. The number of hydrogen-bond donors (Lipinski definition) is 0. The highest BCUT2D eigenvalue weighted by Crippen LogP contribution is 2.36. The third kappa shape index (κ3) is 3.64. The Morgan fingerprint density at radius 1 is 1.38 bits per heavy atom. The molecule has 3 atom stereocenters. The van der Waals surface area contributed by atoms with Crippen LogP contribution in [0.1, 0.15) is 56.0 Å². The van der Waals surface area contributed by atoms with Crippen molar-refractivity contribution < 1.29 is 9.53 Å². The van der Waals surface area contributed by atoms with E-state index in [1.54, 1.807) is 18.2 Å². The number of hydrogen-bond acceptors (Lipinski definition) is 3. The second-order valence-electron chi connectivity index (χ2n) is 6.47. The Hall–Kier alpha value is -1.82. The van der Waals surface area contributed by atoms with Crippen molar-refractivity contribution in [2.45, 2.75) is 46.1 Å². The molecule has 1 aliphatic carbocycles. The molecule has 112 valence electrons. The van der Waals surface area contributed by atoms with Crippen molar-refractivity contribution in [3.05, 3.63) is 29.3 Å². The summed E-state index contributed by atoms with van der Waals surface area (Å²) in [6.45, 7) is 6.73. The Morgan fingerprint density at radius 2 is 2.14 bits per heavy atom. The van der Waals surface area contributed by atoms with E-state index in [1.807, 2.05) is 0 Å². The van der Waals surface area contributed by atoms with Gasteiger partial charge in [0.1, 0.15) is 24.2 Å². The molecule has 1 aliphatic rings. The second kappa shape index (κ2) is 6.76. The Morgan fingerprint density at radius 3 is 2.76 bits per heavy atom. The first-order valence-electron chi connectivity index (χ1n) is 7.71. The Balaban J connectivity index is 2.22. The van der Waals surface area contributed by atoms with Crippen LogP contribution < -0.4 is 4.74 Å². The van der Waals surface area contributed by atoms with Gasteiger partial charge in [-0.3, -0.25) is 4.79 Å². The van der Waals surface area contributed by atoms with Gasteiger partial charge in [-0.2, -0.15) is 5.26 Å². The van der Waals surface area contributed by atoms with Gasteiger partial charge in [-0.05, 0) is 48.8 Å². The zero-order valence-corrected chi connectivity index (χ0v) is 13.0. The van der Waals surface area contributed by atoms with Gasteiger partial charge in [0.05, 0.1) is 5.56 Å². The molecular formula is C18H23NO2. The second-order valence-corrected chi connectivity index (χ2v) is 6.47. The molecule has 0 heterocycles. The number of nitriles is 1. The number of aldehydes is 1. The largest absolute Gasteiger partial charge is 0.489 e. The molecule has 1 saturated carbocycles. The number of nitrogens with zero attached hydrogens (tertiary/aromatic N) is 1. The van der Waals surface area contributed by atoms with E-state index in [1.165, 1.54) is 12.8 Å². The van der Waals surface area contributed by atoms with Crippen LogP contribution in [0, 0.1) is 29.1 Å². The third-order valence-electron chi connectivity index (χ3n) is 4.50. The summed E-state index contributed by atoms with van der Waals surface area (Å²) in [7, 11) is 0. The molecule has 3 nitrogen and oxygen atoms in total. The van der Waals surface area contributed by atoms with Crippen LogP contribution in [-0.4, -0.2) is 12.4 Å². The van der Waals surface area contributed by atoms with Crippen molar-refractivity contribution in [1.29, 1.82) is 5.26 Å². The van der Waals surface area contributed by atoms with Gasteiger partial charge in [0, 0.05) is 5.56 Å². The molecule has 3 unspecified atom stereocenters. The fourth-order valence-electron chi connectivity index (χ4n) is 3.22. The van der Waals surface area contributed by atoms with E-state index in [9.17, 15) is 10.1 Å². The van der Waals surface area contributed by atoms with Crippen molar-refractivity contribution in [2.75, 3.05) is 0 Å². The van der Waals surface area contributed by atoms with Gasteiger partial charge in [-0.1, -0.05) is 27.2 Å². The SMILES string of the molecule is CC1CCC(C(C)C)C(Oc2ccc(C=O)cc2C#N)C1. The van der Waals surface area contributed by atoms with Crippen LogP contribution in [0.3, 0.4) is 0 Å². The lowest BCUT2D eigenvalue weighted by atomic mass is 9.75. The smallest absolute Gasteiger partial charge is 0.150 e. The fourth-order valence-corrected chi connectivity index (χ4v) is 3.22. The molecule has 0 N–H and O–H groups in total. The van der Waals surface area contributed by atoms with Gasteiger partial charge in [0.15, 0.2) is 0 Å². The van der Waals surface area contributed by atoms with E-state index >= 15 is 0 Å². The maximum absolute atomic E-state index is 10.8. The van der Waals surface area contributed by atoms with Crippen LogP contribution in [0.2, 0.25) is 0 Å². The molecule has 1 aromatic carbocycles. The van der Waals surface area contributed by atoms with Gasteiger partial charge in [0.25, 0.3) is 0 Å². The summed E-state index contributed by atoms with van der Waals surface area (Å²) in [5.74, 6) is 2.36. The first kappa shape index (κ1) is 15.6. The standard InChI is InChI=1S/C18H23NO2/c1-12(2)16-6-4-13(3)8-18(16)21-17-7-5-14(11-20)9-15(17)10-19/h5,7,9,11-13,16,18H,4,6,8H2,1-3H3. The average Bonchev–Trinajstić information content (AvgIpc) is 2.47. The average molecular weight is 285 g/mol. The van der Waals surface area contributed by atoms with Crippen molar-refractivity contribution in [1.82, 2.24) is 0 Å². The summed E-state index contributed by atoms with van der Waals surface area (Å²) < 4.78 is 6.18. The van der Waals surface area contributed by atoms with Crippen LogP contribution in [0.25, 0.3) is 0 Å². The van der Waals surface area contributed by atoms with E-state index in [4.69, 9.17) is 4.74 Å². The first-order valence-corrected chi connectivity index (χ1v) is 7.71. The van der Waals surface area contributed by atoms with Gasteiger partial charge in [-0.25, -0.2) is 0 Å². The molecular weight excluding hydrogens is 262 g/mol. The highest BCUT2D eigenvalue weighted by molar-refractivity contribution is 5.76. The molecule has 0 aliphatic heterocycles. The highest BCUT2D eigenvalue weighted by atomic mass is 16.5. The van der Waals surface area contributed by atoms with Gasteiger partial charge in [0.2, 0.25) is 0 Å². The van der Waals surface area contributed by atoms with Crippen molar-refractivity contribution in [3.8, 4) is 11.8 Å². The van der Waals surface area contributed by atoms with Gasteiger partial charge < -0.3 is 4.74 Å². The fraction of sp³-hybridized carbons (Fsp3) is 0.556. The molecule has 0 radical (unpaired) electrons. The molecule has 3 heteroatoms. The van der Waals surface area contributed by atoms with Crippen LogP contribution in [0.4, 0.5) is 0 Å². The lowest BCUT2D eigenvalue weighted by molar-refractivity contribution is 0.0458. The monoisotopic (exact) mass is 285 g/mol. The molecule has 2 rings (SSSR count). The highest BCUT2D eigenvalue weighted by Gasteiger charge is 2.32. The van der Waals surface area contributed by atoms with E-state index in [2.05, 4.69) is 26.8 Å². The van der Waals surface area contributed by atoms with Crippen LogP contribution in [0.15, 0.2) is 18.2 Å². The van der Waals surface area contributed by atoms with Crippen LogP contribution >= 0.6 is 0 Å². The topological polar surface area (TPSA) is 50.1 Å². The molecule has 0 amide bonds. The maximum Gasteiger partial charge on any atom is 0.150 e. The number of carbonyl (C=O) groups is 1. The van der Waals surface area contributed by atoms with Crippen molar-refractivity contribution in [3.63, 3.8) is 0 Å². The third-order valence-corrected chi connectivity index (χ3v) is 4.50. The molecule has 0 saturated heterocycles.